The van der Waals surface area contributed by atoms with E-state index < -0.39 is 6.10 Å². The van der Waals surface area contributed by atoms with E-state index >= 15 is 0 Å². The molecule has 0 aliphatic heterocycles. The molecule has 132 valence electrons. The van der Waals surface area contributed by atoms with Crippen LogP contribution in [0.4, 0.5) is 10.6 Å². The molecule has 0 unspecified atom stereocenters. The van der Waals surface area contributed by atoms with Crippen LogP contribution >= 0.6 is 0 Å². The van der Waals surface area contributed by atoms with E-state index in [1.807, 2.05) is 41.9 Å². The van der Waals surface area contributed by atoms with Gasteiger partial charge in [0.05, 0.1) is 23.5 Å². The van der Waals surface area contributed by atoms with Gasteiger partial charge < -0.3 is 10.4 Å². The lowest BCUT2D eigenvalue weighted by atomic mass is 10.2. The van der Waals surface area contributed by atoms with Crippen LogP contribution < -0.4 is 10.6 Å². The molecule has 25 heavy (non-hydrogen) atoms. The maximum atomic E-state index is 12.5. The summed E-state index contributed by atoms with van der Waals surface area (Å²) in [4.78, 5) is 12.5. The summed E-state index contributed by atoms with van der Waals surface area (Å²) in [5, 5.41) is 20.5. The number of carbonyl (C=O) groups is 1. The van der Waals surface area contributed by atoms with Crippen LogP contribution in [0.15, 0.2) is 30.3 Å². The number of carbonyl (C=O) groups excluding carboxylic acids is 1. The molecule has 2 aliphatic carbocycles. The number of aromatic nitrogens is 2. The van der Waals surface area contributed by atoms with Crippen LogP contribution in [0.2, 0.25) is 0 Å². The van der Waals surface area contributed by atoms with Gasteiger partial charge in [0, 0.05) is 11.5 Å². The first-order chi connectivity index (χ1) is 12.1. The molecule has 6 nitrogen and oxygen atoms in total. The summed E-state index contributed by atoms with van der Waals surface area (Å²) >= 11 is 0. The largest absolute Gasteiger partial charge is 0.391 e. The number of benzene rings is 1. The summed E-state index contributed by atoms with van der Waals surface area (Å²) in [5.74, 6) is 1.21. The van der Waals surface area contributed by atoms with Crippen LogP contribution in [0.3, 0.4) is 0 Å². The fourth-order valence-corrected chi connectivity index (χ4v) is 3.58. The maximum Gasteiger partial charge on any atom is 0.320 e. The van der Waals surface area contributed by atoms with Crippen molar-refractivity contribution < 1.29 is 9.90 Å². The first kappa shape index (κ1) is 16.1. The number of hydrogen-bond donors (Lipinski definition) is 3. The molecule has 2 saturated carbocycles. The van der Waals surface area contributed by atoms with E-state index in [1.165, 1.54) is 0 Å². The third kappa shape index (κ3) is 3.26. The molecule has 0 bridgehead atoms. The number of hydrogen-bond acceptors (Lipinski definition) is 3. The Balaban J connectivity index is 1.60. The Hall–Kier alpha value is -2.34. The standard InChI is InChI=1S/C19H24N4O2/c1-12-17(13-10-11-13)22-23(14-6-3-2-4-7-14)18(12)21-19(25)20-15-8-5-9-16(15)24/h2-4,6-7,13,15-16,24H,5,8-11H2,1H3,(H2,20,21,25)/t15-,16-/m1/s1. The molecule has 2 aliphatic rings. The molecule has 2 amide bonds. The van der Waals surface area contributed by atoms with Crippen LogP contribution in [0.1, 0.15) is 49.3 Å². The normalized spacial score (nSPS) is 22.8. The SMILES string of the molecule is Cc1c(C2CC2)nn(-c2ccccc2)c1NC(=O)N[C@@H]1CCC[C@H]1O. The molecule has 4 rings (SSSR count). The molecule has 2 aromatic rings. The second kappa shape index (κ2) is 6.52. The zero-order chi connectivity index (χ0) is 17.4. The molecule has 0 radical (unpaired) electrons. The molecule has 1 heterocycles. The molecule has 2 fully saturated rings. The van der Waals surface area contributed by atoms with Crippen molar-refractivity contribution in [3.8, 4) is 5.69 Å². The summed E-state index contributed by atoms with van der Waals surface area (Å²) in [6.07, 6.45) is 4.38. The highest BCUT2D eigenvalue weighted by atomic mass is 16.3. The van der Waals surface area contributed by atoms with Gasteiger partial charge in [-0.3, -0.25) is 5.32 Å². The molecule has 3 N–H and O–H groups in total. The maximum absolute atomic E-state index is 12.5. The van der Waals surface area contributed by atoms with Gasteiger partial charge in [0.25, 0.3) is 0 Å². The lowest BCUT2D eigenvalue weighted by molar-refractivity contribution is 0.151. The van der Waals surface area contributed by atoms with Gasteiger partial charge in [-0.2, -0.15) is 5.10 Å². The Morgan fingerprint density at radius 2 is 1.96 bits per heavy atom. The minimum Gasteiger partial charge on any atom is -0.391 e. The zero-order valence-corrected chi connectivity index (χ0v) is 14.4. The van der Waals surface area contributed by atoms with Gasteiger partial charge in [0.1, 0.15) is 5.82 Å². The van der Waals surface area contributed by atoms with Gasteiger partial charge in [-0.15, -0.1) is 0 Å². The van der Waals surface area contributed by atoms with Gasteiger partial charge in [-0.05, 0) is 51.2 Å². The highest BCUT2D eigenvalue weighted by Crippen LogP contribution is 2.42. The van der Waals surface area contributed by atoms with Crippen molar-refractivity contribution in [1.82, 2.24) is 15.1 Å². The average Bonchev–Trinajstić information content (AvgIpc) is 3.31. The molecule has 1 aromatic carbocycles. The Morgan fingerprint density at radius 3 is 2.60 bits per heavy atom. The number of rotatable bonds is 4. The van der Waals surface area contributed by atoms with E-state index in [0.29, 0.717) is 11.7 Å². The third-order valence-corrected chi connectivity index (χ3v) is 5.15. The van der Waals surface area contributed by atoms with E-state index in [-0.39, 0.29) is 12.1 Å². The van der Waals surface area contributed by atoms with E-state index in [4.69, 9.17) is 5.10 Å². The molecular weight excluding hydrogens is 316 g/mol. The van der Waals surface area contributed by atoms with Crippen LogP contribution in [0.5, 0.6) is 0 Å². The summed E-state index contributed by atoms with van der Waals surface area (Å²) < 4.78 is 1.81. The van der Waals surface area contributed by atoms with E-state index in [9.17, 15) is 9.90 Å². The summed E-state index contributed by atoms with van der Waals surface area (Å²) in [5.41, 5.74) is 3.02. The number of anilines is 1. The van der Waals surface area contributed by atoms with Gasteiger partial charge in [-0.25, -0.2) is 9.48 Å². The fourth-order valence-electron chi connectivity index (χ4n) is 3.58. The van der Waals surface area contributed by atoms with Crippen LogP contribution in [-0.4, -0.2) is 33.1 Å². The minimum absolute atomic E-state index is 0.170. The summed E-state index contributed by atoms with van der Waals surface area (Å²) in [6, 6.07) is 9.39. The van der Waals surface area contributed by atoms with Crippen molar-refractivity contribution in [3.05, 3.63) is 41.6 Å². The van der Waals surface area contributed by atoms with Gasteiger partial charge in [0.2, 0.25) is 0 Å². The molecule has 6 heteroatoms. The predicted molar refractivity (Wildman–Crippen MR) is 96.1 cm³/mol. The number of nitrogens with zero attached hydrogens (tertiary/aromatic N) is 2. The Labute approximate surface area is 147 Å². The molecular formula is C19H24N4O2. The summed E-state index contributed by atoms with van der Waals surface area (Å²) in [6.45, 7) is 2.01. The number of para-hydroxylation sites is 1. The van der Waals surface area contributed by atoms with Crippen molar-refractivity contribution in [2.75, 3.05) is 5.32 Å². The third-order valence-electron chi connectivity index (χ3n) is 5.15. The lowest BCUT2D eigenvalue weighted by Gasteiger charge is -2.17. The second-order valence-corrected chi connectivity index (χ2v) is 7.08. The van der Waals surface area contributed by atoms with Crippen molar-refractivity contribution >= 4 is 11.8 Å². The predicted octanol–water partition coefficient (Wildman–Crippen LogP) is 3.09. The van der Waals surface area contributed by atoms with Crippen molar-refractivity contribution in [3.63, 3.8) is 0 Å². The second-order valence-electron chi connectivity index (χ2n) is 7.08. The van der Waals surface area contributed by atoms with Gasteiger partial charge in [-0.1, -0.05) is 18.2 Å². The number of aliphatic hydroxyl groups is 1. The number of nitrogens with one attached hydrogen (secondary N) is 2. The first-order valence-electron chi connectivity index (χ1n) is 9.04. The molecule has 2 atom stereocenters. The Kier molecular flexibility index (Phi) is 4.21. The monoisotopic (exact) mass is 340 g/mol. The topological polar surface area (TPSA) is 79.2 Å². The van der Waals surface area contributed by atoms with Crippen molar-refractivity contribution in [2.45, 2.75) is 57.1 Å². The number of urea groups is 1. The van der Waals surface area contributed by atoms with Gasteiger partial charge in [0.15, 0.2) is 0 Å². The average molecular weight is 340 g/mol. The molecule has 1 aromatic heterocycles. The quantitative estimate of drug-likeness (QED) is 0.800. The van der Waals surface area contributed by atoms with Crippen LogP contribution in [0.25, 0.3) is 5.69 Å². The van der Waals surface area contributed by atoms with Gasteiger partial charge >= 0.3 is 6.03 Å². The van der Waals surface area contributed by atoms with Crippen molar-refractivity contribution in [2.24, 2.45) is 0 Å². The highest BCUT2D eigenvalue weighted by Gasteiger charge is 2.32. The van der Waals surface area contributed by atoms with E-state index in [2.05, 4.69) is 10.6 Å². The van der Waals surface area contributed by atoms with Crippen LogP contribution in [-0.2, 0) is 0 Å². The highest BCUT2D eigenvalue weighted by molar-refractivity contribution is 5.90. The first-order valence-corrected chi connectivity index (χ1v) is 9.04. The van der Waals surface area contributed by atoms with E-state index in [1.54, 1.807) is 0 Å². The van der Waals surface area contributed by atoms with Crippen LogP contribution in [0, 0.1) is 6.92 Å². The lowest BCUT2D eigenvalue weighted by Crippen LogP contribution is -2.42. The Morgan fingerprint density at radius 1 is 1.20 bits per heavy atom. The number of aliphatic hydroxyl groups excluding tert-OH is 1. The smallest absolute Gasteiger partial charge is 0.320 e. The number of amides is 2. The minimum atomic E-state index is -0.451. The Bertz CT molecular complexity index is 767. The summed E-state index contributed by atoms with van der Waals surface area (Å²) in [7, 11) is 0. The van der Waals surface area contributed by atoms with Crippen molar-refractivity contribution in [1.29, 1.82) is 0 Å². The van der Waals surface area contributed by atoms with E-state index in [0.717, 1.165) is 49.0 Å². The molecule has 0 saturated heterocycles. The zero-order valence-electron chi connectivity index (χ0n) is 14.4. The fraction of sp³-hybridized carbons (Fsp3) is 0.474. The molecule has 0 spiro atoms.